The molecule has 0 aliphatic rings. The molecule has 0 atom stereocenters. The number of anilines is 2. The number of ether oxygens (including phenoxy) is 1. The van der Waals surface area contributed by atoms with Gasteiger partial charge >= 0.3 is 5.97 Å². The fraction of sp³-hybridized carbons (Fsp3) is 0.444. The number of hydrogen-bond acceptors (Lipinski definition) is 6. The Hall–Kier alpha value is -1.37. The van der Waals surface area contributed by atoms with Crippen molar-refractivity contribution in [3.8, 4) is 0 Å². The van der Waals surface area contributed by atoms with Crippen LogP contribution in [0.2, 0.25) is 0 Å². The zero-order chi connectivity index (χ0) is 12.0. The third-order valence-corrected chi connectivity index (χ3v) is 2.51. The van der Waals surface area contributed by atoms with Crippen molar-refractivity contribution in [3.63, 3.8) is 0 Å². The summed E-state index contributed by atoms with van der Waals surface area (Å²) in [7, 11) is 1.34. The first-order valence-corrected chi connectivity index (χ1v) is 5.53. The first kappa shape index (κ1) is 12.7. The summed E-state index contributed by atoms with van der Waals surface area (Å²) in [6, 6.07) is 0. The molecule has 0 fully saturated rings. The fourth-order valence-corrected chi connectivity index (χ4v) is 1.50. The number of esters is 1. The van der Waals surface area contributed by atoms with Crippen LogP contribution in [0, 0.1) is 0 Å². The lowest BCUT2D eigenvalue weighted by atomic mass is 10.5. The Morgan fingerprint density at radius 1 is 1.44 bits per heavy atom. The number of methoxy groups -OCH3 is 1. The fourth-order valence-electron chi connectivity index (χ4n) is 1.01. The number of carbonyl (C=O) groups excluding carboxylic acids is 1. The third kappa shape index (κ3) is 3.34. The number of rotatable bonds is 5. The predicted molar refractivity (Wildman–Crippen MR) is 64.4 cm³/mol. The quantitative estimate of drug-likeness (QED) is 0.795. The molecule has 6 nitrogen and oxygen atoms in total. The monoisotopic (exact) mass is 288 g/mol. The van der Waals surface area contributed by atoms with E-state index in [0.717, 1.165) is 6.54 Å². The summed E-state index contributed by atoms with van der Waals surface area (Å²) in [5, 5.41) is 5.91. The maximum atomic E-state index is 10.9. The van der Waals surface area contributed by atoms with E-state index < -0.39 is 0 Å². The van der Waals surface area contributed by atoms with Crippen LogP contribution in [0.4, 0.5) is 11.6 Å². The van der Waals surface area contributed by atoms with Gasteiger partial charge in [-0.1, -0.05) is 0 Å². The van der Waals surface area contributed by atoms with Gasteiger partial charge in [-0.3, -0.25) is 4.79 Å². The minimum atomic E-state index is -0.351. The molecule has 0 spiro atoms. The SMILES string of the molecule is CCNc1ncnc(NCC(=O)OC)c1Br. The molecule has 1 aromatic rings. The van der Waals surface area contributed by atoms with Crippen molar-refractivity contribution in [2.75, 3.05) is 30.8 Å². The Morgan fingerprint density at radius 3 is 2.62 bits per heavy atom. The molecular weight excluding hydrogens is 276 g/mol. The molecule has 0 bridgehead atoms. The normalized spacial score (nSPS) is 9.69. The van der Waals surface area contributed by atoms with Crippen molar-refractivity contribution in [1.82, 2.24) is 9.97 Å². The van der Waals surface area contributed by atoms with Gasteiger partial charge in [0.1, 0.15) is 29.0 Å². The molecule has 1 aromatic heterocycles. The number of halogens is 1. The molecule has 1 heterocycles. The lowest BCUT2D eigenvalue weighted by Gasteiger charge is -2.09. The number of nitrogens with zero attached hydrogens (tertiary/aromatic N) is 2. The Kier molecular flexibility index (Phi) is 4.97. The molecule has 0 aliphatic heterocycles. The van der Waals surface area contributed by atoms with E-state index in [1.165, 1.54) is 13.4 Å². The van der Waals surface area contributed by atoms with Crippen molar-refractivity contribution >= 4 is 33.5 Å². The smallest absolute Gasteiger partial charge is 0.325 e. The molecule has 0 radical (unpaired) electrons. The van der Waals surface area contributed by atoms with Crippen molar-refractivity contribution in [2.24, 2.45) is 0 Å². The minimum Gasteiger partial charge on any atom is -0.468 e. The lowest BCUT2D eigenvalue weighted by molar-refractivity contribution is -0.138. The summed E-state index contributed by atoms with van der Waals surface area (Å²) in [4.78, 5) is 19.0. The summed E-state index contributed by atoms with van der Waals surface area (Å²) < 4.78 is 5.21. The Bertz CT molecular complexity index is 373. The van der Waals surface area contributed by atoms with Gasteiger partial charge in [0.15, 0.2) is 0 Å². The van der Waals surface area contributed by atoms with Crippen LogP contribution in [-0.2, 0) is 9.53 Å². The third-order valence-electron chi connectivity index (χ3n) is 1.76. The van der Waals surface area contributed by atoms with Gasteiger partial charge in [-0.15, -0.1) is 0 Å². The average molecular weight is 289 g/mol. The molecule has 1 rings (SSSR count). The average Bonchev–Trinajstić information content (AvgIpc) is 2.30. The summed E-state index contributed by atoms with van der Waals surface area (Å²) in [6.07, 6.45) is 1.42. The summed E-state index contributed by atoms with van der Waals surface area (Å²) >= 11 is 3.35. The van der Waals surface area contributed by atoms with Gasteiger partial charge in [0.2, 0.25) is 0 Å². The number of hydrogen-bond donors (Lipinski definition) is 2. The Morgan fingerprint density at radius 2 is 2.06 bits per heavy atom. The number of nitrogens with one attached hydrogen (secondary N) is 2. The van der Waals surface area contributed by atoms with Crippen molar-refractivity contribution in [1.29, 1.82) is 0 Å². The van der Waals surface area contributed by atoms with Gasteiger partial charge in [-0.05, 0) is 22.9 Å². The van der Waals surface area contributed by atoms with Crippen LogP contribution in [0.15, 0.2) is 10.8 Å². The van der Waals surface area contributed by atoms with Crippen molar-refractivity contribution in [2.45, 2.75) is 6.92 Å². The van der Waals surface area contributed by atoms with E-state index in [1.807, 2.05) is 6.92 Å². The lowest BCUT2D eigenvalue weighted by Crippen LogP contribution is -2.16. The highest BCUT2D eigenvalue weighted by Gasteiger charge is 2.08. The standard InChI is InChI=1S/C9H13BrN4O2/c1-3-11-8-7(10)9(14-5-13-8)12-4-6(15)16-2/h5H,3-4H2,1-2H3,(H2,11,12,13,14). The molecule has 7 heteroatoms. The van der Waals surface area contributed by atoms with Crippen molar-refractivity contribution in [3.05, 3.63) is 10.8 Å². The van der Waals surface area contributed by atoms with Crippen molar-refractivity contribution < 1.29 is 9.53 Å². The maximum Gasteiger partial charge on any atom is 0.325 e. The van der Waals surface area contributed by atoms with Gasteiger partial charge in [-0.2, -0.15) is 0 Å². The van der Waals surface area contributed by atoms with Crippen LogP contribution in [-0.4, -0.2) is 36.1 Å². The van der Waals surface area contributed by atoms with E-state index in [1.54, 1.807) is 0 Å². The zero-order valence-corrected chi connectivity index (χ0v) is 10.7. The highest BCUT2D eigenvalue weighted by atomic mass is 79.9. The van der Waals surface area contributed by atoms with Gasteiger partial charge in [-0.25, -0.2) is 9.97 Å². The second kappa shape index (κ2) is 6.26. The summed E-state index contributed by atoms with van der Waals surface area (Å²) in [6.45, 7) is 2.79. The molecule has 0 aromatic carbocycles. The van der Waals surface area contributed by atoms with E-state index in [4.69, 9.17) is 0 Å². The molecule has 0 saturated heterocycles. The van der Waals surface area contributed by atoms with Crippen LogP contribution in [0.25, 0.3) is 0 Å². The topological polar surface area (TPSA) is 76.1 Å². The largest absolute Gasteiger partial charge is 0.468 e. The second-order valence-electron chi connectivity index (χ2n) is 2.84. The van der Waals surface area contributed by atoms with Gasteiger partial charge in [0.25, 0.3) is 0 Å². The van der Waals surface area contributed by atoms with Gasteiger partial charge < -0.3 is 15.4 Å². The van der Waals surface area contributed by atoms with E-state index in [9.17, 15) is 4.79 Å². The van der Waals surface area contributed by atoms with Crippen LogP contribution < -0.4 is 10.6 Å². The zero-order valence-electron chi connectivity index (χ0n) is 9.08. The first-order valence-electron chi connectivity index (χ1n) is 4.74. The van der Waals surface area contributed by atoms with E-state index in [2.05, 4.69) is 41.3 Å². The second-order valence-corrected chi connectivity index (χ2v) is 3.64. The van der Waals surface area contributed by atoms with Crippen LogP contribution in [0.1, 0.15) is 6.92 Å². The van der Waals surface area contributed by atoms with Gasteiger partial charge in [0, 0.05) is 6.54 Å². The van der Waals surface area contributed by atoms with E-state index in [0.29, 0.717) is 16.1 Å². The van der Waals surface area contributed by atoms with E-state index >= 15 is 0 Å². The highest BCUT2D eigenvalue weighted by molar-refractivity contribution is 9.10. The molecule has 0 unspecified atom stereocenters. The highest BCUT2D eigenvalue weighted by Crippen LogP contribution is 2.25. The number of aromatic nitrogens is 2. The molecule has 0 aliphatic carbocycles. The van der Waals surface area contributed by atoms with E-state index in [-0.39, 0.29) is 12.5 Å². The van der Waals surface area contributed by atoms with Crippen LogP contribution in [0.5, 0.6) is 0 Å². The molecular formula is C9H13BrN4O2. The summed E-state index contributed by atoms with van der Waals surface area (Å²) in [5.74, 6) is 0.886. The molecule has 16 heavy (non-hydrogen) atoms. The molecule has 0 amide bonds. The molecule has 88 valence electrons. The van der Waals surface area contributed by atoms with Crippen LogP contribution in [0.3, 0.4) is 0 Å². The van der Waals surface area contributed by atoms with Crippen LogP contribution >= 0.6 is 15.9 Å². The molecule has 2 N–H and O–H groups in total. The van der Waals surface area contributed by atoms with Gasteiger partial charge in [0.05, 0.1) is 7.11 Å². The maximum absolute atomic E-state index is 10.9. The Labute approximate surface area is 102 Å². The molecule has 0 saturated carbocycles. The summed E-state index contributed by atoms with van der Waals surface area (Å²) in [5.41, 5.74) is 0. The minimum absolute atomic E-state index is 0.0671. The number of carbonyl (C=O) groups is 1. The predicted octanol–water partition coefficient (Wildman–Crippen LogP) is 1.26. The Balaban J connectivity index is 2.72. The first-order chi connectivity index (χ1) is 7.69.